The molecule has 0 radical (unpaired) electrons. The molecule has 0 unspecified atom stereocenters. The molecule has 0 N–H and O–H groups in total. The molecule has 4 heteroatoms. The predicted molar refractivity (Wildman–Crippen MR) is 62.8 cm³/mol. The molecule has 0 saturated carbocycles. The fourth-order valence-corrected chi connectivity index (χ4v) is 2.74. The van der Waals surface area contributed by atoms with Gasteiger partial charge in [-0.15, -0.1) is 11.3 Å². The molecule has 2 rings (SSSR count). The lowest BCUT2D eigenvalue weighted by Crippen LogP contribution is -1.82. The maximum absolute atomic E-state index is 8.75. The second-order valence-electron chi connectivity index (χ2n) is 2.90. The summed E-state index contributed by atoms with van der Waals surface area (Å²) in [5, 5.41) is 10.7. The third kappa shape index (κ3) is 2.82. The van der Waals surface area contributed by atoms with Gasteiger partial charge in [0.2, 0.25) is 0 Å². The second kappa shape index (κ2) is 4.96. The van der Waals surface area contributed by atoms with Crippen LogP contribution in [0, 0.1) is 11.3 Å². The van der Waals surface area contributed by atoms with Crippen LogP contribution in [0.2, 0.25) is 0 Å². The van der Waals surface area contributed by atoms with Gasteiger partial charge in [0, 0.05) is 17.3 Å². The topological polar surface area (TPSA) is 36.7 Å². The van der Waals surface area contributed by atoms with Crippen molar-refractivity contribution in [2.45, 2.75) is 10.1 Å². The first-order chi connectivity index (χ1) is 7.38. The zero-order valence-electron chi connectivity index (χ0n) is 7.88. The minimum atomic E-state index is 0.715. The van der Waals surface area contributed by atoms with E-state index in [9.17, 15) is 0 Å². The fraction of sp³-hybridized carbons (Fsp3) is 0.0909. The van der Waals surface area contributed by atoms with E-state index in [1.165, 1.54) is 0 Å². The molecule has 0 saturated heterocycles. The predicted octanol–water partition coefficient (Wildman–Crippen LogP) is 3.31. The van der Waals surface area contributed by atoms with E-state index in [1.54, 1.807) is 29.3 Å². The summed E-state index contributed by atoms with van der Waals surface area (Å²) >= 11 is 3.34. The lowest BCUT2D eigenvalue weighted by molar-refractivity contribution is 1.24. The van der Waals surface area contributed by atoms with Crippen LogP contribution in [0.25, 0.3) is 0 Å². The normalized spacial score (nSPS) is 9.80. The van der Waals surface area contributed by atoms with E-state index >= 15 is 0 Å². The van der Waals surface area contributed by atoms with E-state index in [-0.39, 0.29) is 0 Å². The molecule has 2 aromatic rings. The molecule has 2 nitrogen and oxygen atoms in total. The van der Waals surface area contributed by atoms with Gasteiger partial charge in [0.25, 0.3) is 0 Å². The summed E-state index contributed by atoms with van der Waals surface area (Å²) in [6.07, 6.45) is 1.80. The molecule has 15 heavy (non-hydrogen) atoms. The van der Waals surface area contributed by atoms with Crippen molar-refractivity contribution < 1.29 is 0 Å². The molecule has 0 amide bonds. The van der Waals surface area contributed by atoms with Gasteiger partial charge in [-0.05, 0) is 17.7 Å². The fourth-order valence-electron chi connectivity index (χ4n) is 1.16. The summed E-state index contributed by atoms with van der Waals surface area (Å²) in [5.41, 5.74) is 1.88. The van der Waals surface area contributed by atoms with Gasteiger partial charge in [-0.25, -0.2) is 4.98 Å². The number of hydrogen-bond acceptors (Lipinski definition) is 4. The molecule has 0 aliphatic rings. The van der Waals surface area contributed by atoms with Crippen molar-refractivity contribution >= 4 is 23.1 Å². The van der Waals surface area contributed by atoms with Crippen LogP contribution in [-0.4, -0.2) is 4.98 Å². The molecule has 0 atom stereocenters. The van der Waals surface area contributed by atoms with E-state index in [0.717, 1.165) is 15.7 Å². The highest BCUT2D eigenvalue weighted by atomic mass is 32.2. The smallest absolute Gasteiger partial charge is 0.150 e. The molecule has 1 heterocycles. The lowest BCUT2D eigenvalue weighted by atomic mass is 10.2. The van der Waals surface area contributed by atoms with Crippen LogP contribution in [-0.2, 0) is 5.75 Å². The summed E-state index contributed by atoms with van der Waals surface area (Å²) in [7, 11) is 0. The van der Waals surface area contributed by atoms with Gasteiger partial charge >= 0.3 is 0 Å². The first kappa shape index (κ1) is 10.2. The van der Waals surface area contributed by atoms with E-state index in [2.05, 4.69) is 11.1 Å². The third-order valence-corrected chi connectivity index (χ3v) is 3.87. The number of hydrogen-bond donors (Lipinski definition) is 0. The first-order valence-corrected chi connectivity index (χ1v) is 6.26. The Balaban J connectivity index is 2.02. The van der Waals surface area contributed by atoms with Crippen LogP contribution in [0.5, 0.6) is 0 Å². The maximum atomic E-state index is 8.75. The van der Waals surface area contributed by atoms with Gasteiger partial charge in [-0.3, -0.25) is 0 Å². The number of rotatable bonds is 3. The van der Waals surface area contributed by atoms with Crippen molar-refractivity contribution in [2.75, 3.05) is 0 Å². The molecule has 0 bridgehead atoms. The van der Waals surface area contributed by atoms with Gasteiger partial charge in [-0.2, -0.15) is 5.26 Å². The van der Waals surface area contributed by atoms with E-state index < -0.39 is 0 Å². The third-order valence-electron chi connectivity index (χ3n) is 1.83. The minimum Gasteiger partial charge on any atom is -0.238 e. The Hall–Kier alpha value is -1.31. The van der Waals surface area contributed by atoms with Crippen LogP contribution >= 0.6 is 23.1 Å². The van der Waals surface area contributed by atoms with Crippen LogP contribution in [0.15, 0.2) is 40.2 Å². The van der Waals surface area contributed by atoms with Gasteiger partial charge in [0.1, 0.15) is 4.34 Å². The van der Waals surface area contributed by atoms with E-state index in [1.807, 2.05) is 29.6 Å². The number of thioether (sulfide) groups is 1. The molecular weight excluding hydrogens is 224 g/mol. The molecule has 74 valence electrons. The number of benzene rings is 1. The molecule has 1 aromatic carbocycles. The monoisotopic (exact) mass is 232 g/mol. The first-order valence-electron chi connectivity index (χ1n) is 4.40. The van der Waals surface area contributed by atoms with Crippen molar-refractivity contribution in [1.29, 1.82) is 5.26 Å². The summed E-state index contributed by atoms with van der Waals surface area (Å²) in [6.45, 7) is 0. The summed E-state index contributed by atoms with van der Waals surface area (Å²) < 4.78 is 1.07. The highest BCUT2D eigenvalue weighted by Gasteiger charge is 1.99. The number of aromatic nitrogens is 1. The van der Waals surface area contributed by atoms with Gasteiger partial charge in [-0.1, -0.05) is 23.9 Å². The standard InChI is InChI=1S/C11H8N2S2/c12-7-9-2-1-3-10(6-9)8-15-11-13-4-5-14-11/h1-6H,8H2. The Morgan fingerprint density at radius 3 is 3.13 bits per heavy atom. The van der Waals surface area contributed by atoms with Crippen LogP contribution in [0.1, 0.15) is 11.1 Å². The van der Waals surface area contributed by atoms with Crippen LogP contribution in [0.3, 0.4) is 0 Å². The average molecular weight is 232 g/mol. The SMILES string of the molecule is N#Cc1cccc(CSc2nccs2)c1. The Morgan fingerprint density at radius 1 is 1.47 bits per heavy atom. The average Bonchev–Trinajstić information content (AvgIpc) is 2.79. The Bertz CT molecular complexity index is 472. The van der Waals surface area contributed by atoms with Crippen molar-refractivity contribution in [3.63, 3.8) is 0 Å². The van der Waals surface area contributed by atoms with Gasteiger partial charge in [0.05, 0.1) is 11.6 Å². The molecule has 0 spiro atoms. The van der Waals surface area contributed by atoms with Crippen LogP contribution in [0.4, 0.5) is 0 Å². The van der Waals surface area contributed by atoms with Crippen molar-refractivity contribution in [3.05, 3.63) is 47.0 Å². The minimum absolute atomic E-state index is 0.715. The Kier molecular flexibility index (Phi) is 3.38. The Morgan fingerprint density at radius 2 is 2.40 bits per heavy atom. The highest BCUT2D eigenvalue weighted by Crippen LogP contribution is 2.24. The van der Waals surface area contributed by atoms with Crippen molar-refractivity contribution in [3.8, 4) is 6.07 Å². The van der Waals surface area contributed by atoms with Gasteiger partial charge in [0.15, 0.2) is 0 Å². The molecule has 0 aliphatic heterocycles. The second-order valence-corrected chi connectivity index (χ2v) is 5.02. The molecule has 0 fully saturated rings. The quantitative estimate of drug-likeness (QED) is 0.762. The number of nitrogens with zero attached hydrogens (tertiary/aromatic N) is 2. The van der Waals surface area contributed by atoms with E-state index in [4.69, 9.17) is 5.26 Å². The Labute approximate surface area is 96.6 Å². The molecular formula is C11H8N2S2. The molecule has 0 aliphatic carbocycles. The summed E-state index contributed by atoms with van der Waals surface area (Å²) in [6, 6.07) is 9.81. The van der Waals surface area contributed by atoms with Crippen molar-refractivity contribution in [1.82, 2.24) is 4.98 Å². The van der Waals surface area contributed by atoms with E-state index in [0.29, 0.717) is 5.56 Å². The van der Waals surface area contributed by atoms with Crippen molar-refractivity contribution in [2.24, 2.45) is 0 Å². The highest BCUT2D eigenvalue weighted by molar-refractivity contribution is 8.00. The van der Waals surface area contributed by atoms with Crippen LogP contribution < -0.4 is 0 Å². The zero-order valence-corrected chi connectivity index (χ0v) is 9.52. The molecule has 1 aromatic heterocycles. The van der Waals surface area contributed by atoms with Gasteiger partial charge < -0.3 is 0 Å². The maximum Gasteiger partial charge on any atom is 0.150 e. The number of thiazole rings is 1. The lowest BCUT2D eigenvalue weighted by Gasteiger charge is -1.98. The summed E-state index contributed by atoms with van der Waals surface area (Å²) in [5.74, 6) is 0.864. The largest absolute Gasteiger partial charge is 0.238 e. The number of nitriles is 1. The zero-order chi connectivity index (χ0) is 10.5. The summed E-state index contributed by atoms with van der Waals surface area (Å²) in [4.78, 5) is 4.19.